The lowest BCUT2D eigenvalue weighted by Crippen LogP contribution is -2.05. The molecular formula is C17H16ClFO. The Kier molecular flexibility index (Phi) is 4.56. The molecule has 3 heteroatoms. The Morgan fingerprint density at radius 1 is 1.15 bits per heavy atom. The molecule has 0 unspecified atom stereocenters. The van der Waals surface area contributed by atoms with Crippen molar-refractivity contribution in [3.8, 4) is 0 Å². The second-order valence-electron chi connectivity index (χ2n) is 4.92. The lowest BCUT2D eigenvalue weighted by atomic mass is 9.96. The van der Waals surface area contributed by atoms with Crippen molar-refractivity contribution in [1.82, 2.24) is 0 Å². The number of hydrogen-bond acceptors (Lipinski definition) is 1. The van der Waals surface area contributed by atoms with Crippen LogP contribution in [0.3, 0.4) is 0 Å². The van der Waals surface area contributed by atoms with Crippen LogP contribution < -0.4 is 0 Å². The van der Waals surface area contributed by atoms with E-state index in [9.17, 15) is 9.18 Å². The van der Waals surface area contributed by atoms with Gasteiger partial charge in [-0.15, -0.1) is 0 Å². The molecule has 0 saturated heterocycles. The van der Waals surface area contributed by atoms with Crippen LogP contribution in [0.4, 0.5) is 4.39 Å². The molecule has 0 heterocycles. The summed E-state index contributed by atoms with van der Waals surface area (Å²) in [6.07, 6.45) is 0.920. The zero-order valence-corrected chi connectivity index (χ0v) is 12.3. The van der Waals surface area contributed by atoms with E-state index in [1.54, 1.807) is 0 Å². The lowest BCUT2D eigenvalue weighted by Gasteiger charge is -2.09. The molecular weight excluding hydrogens is 275 g/mol. The Balaban J connectivity index is 2.13. The van der Waals surface area contributed by atoms with Crippen molar-refractivity contribution in [2.45, 2.75) is 26.7 Å². The van der Waals surface area contributed by atoms with Crippen LogP contribution in [-0.4, -0.2) is 5.78 Å². The second kappa shape index (κ2) is 6.19. The van der Waals surface area contributed by atoms with Gasteiger partial charge in [0.1, 0.15) is 5.82 Å². The Hall–Kier alpha value is -1.67. The molecule has 104 valence electrons. The molecule has 2 rings (SSSR count). The number of Topliss-reactive ketones (excluding diaryl/α,β-unsaturated/α-hetero) is 1. The zero-order valence-electron chi connectivity index (χ0n) is 11.5. The summed E-state index contributed by atoms with van der Waals surface area (Å²) >= 11 is 5.68. The largest absolute Gasteiger partial charge is 0.294 e. The predicted octanol–water partition coefficient (Wildman–Crippen LogP) is 4.91. The topological polar surface area (TPSA) is 17.1 Å². The molecule has 0 spiro atoms. The molecule has 0 saturated carbocycles. The maximum absolute atomic E-state index is 13.7. The Bertz CT molecular complexity index is 629. The van der Waals surface area contributed by atoms with E-state index in [0.29, 0.717) is 17.9 Å². The summed E-state index contributed by atoms with van der Waals surface area (Å²) < 4.78 is 13.7. The summed E-state index contributed by atoms with van der Waals surface area (Å²) in [5, 5.41) is 0.300. The van der Waals surface area contributed by atoms with Gasteiger partial charge in [-0.05, 0) is 55.2 Å². The van der Waals surface area contributed by atoms with E-state index in [2.05, 4.69) is 0 Å². The minimum Gasteiger partial charge on any atom is -0.294 e. The Morgan fingerprint density at radius 3 is 2.40 bits per heavy atom. The molecule has 1 nitrogen and oxygen atoms in total. The molecule has 0 aromatic heterocycles. The molecule has 0 atom stereocenters. The van der Waals surface area contributed by atoms with Gasteiger partial charge in [-0.1, -0.05) is 29.8 Å². The smallest absolute Gasteiger partial charge is 0.166 e. The Morgan fingerprint density at radius 2 is 1.80 bits per heavy atom. The average molecular weight is 291 g/mol. The summed E-state index contributed by atoms with van der Waals surface area (Å²) in [6.45, 7) is 4.05. The fourth-order valence-electron chi connectivity index (χ4n) is 2.33. The van der Waals surface area contributed by atoms with Crippen LogP contribution in [0.2, 0.25) is 5.02 Å². The van der Waals surface area contributed by atoms with Crippen molar-refractivity contribution in [3.63, 3.8) is 0 Å². The summed E-state index contributed by atoms with van der Waals surface area (Å²) in [5.74, 6) is -0.745. The van der Waals surface area contributed by atoms with E-state index in [0.717, 1.165) is 16.7 Å². The fraction of sp³-hybridized carbons (Fsp3) is 0.235. The van der Waals surface area contributed by atoms with Crippen molar-refractivity contribution in [1.29, 1.82) is 0 Å². The highest BCUT2D eigenvalue weighted by Gasteiger charge is 2.13. The number of aryl methyl sites for hydroxylation is 2. The van der Waals surface area contributed by atoms with Gasteiger partial charge in [0.25, 0.3) is 0 Å². The first-order chi connectivity index (χ1) is 9.49. The molecule has 2 aromatic carbocycles. The van der Waals surface area contributed by atoms with Gasteiger partial charge in [-0.25, -0.2) is 4.39 Å². The number of halogens is 2. The molecule has 0 amide bonds. The predicted molar refractivity (Wildman–Crippen MR) is 80.0 cm³/mol. The van der Waals surface area contributed by atoms with Crippen molar-refractivity contribution in [3.05, 3.63) is 69.5 Å². The van der Waals surface area contributed by atoms with Gasteiger partial charge in [0, 0.05) is 11.4 Å². The summed E-state index contributed by atoms with van der Waals surface area (Å²) in [6, 6.07) is 10.2. The quantitative estimate of drug-likeness (QED) is 0.731. The third kappa shape index (κ3) is 3.26. The van der Waals surface area contributed by atoms with Gasteiger partial charge in [0.15, 0.2) is 5.78 Å². The van der Waals surface area contributed by atoms with E-state index in [-0.39, 0.29) is 11.3 Å². The molecule has 20 heavy (non-hydrogen) atoms. The van der Waals surface area contributed by atoms with Crippen LogP contribution in [0.15, 0.2) is 36.4 Å². The maximum atomic E-state index is 13.7. The van der Waals surface area contributed by atoms with Gasteiger partial charge >= 0.3 is 0 Å². The second-order valence-corrected chi connectivity index (χ2v) is 5.35. The molecule has 0 aliphatic rings. The average Bonchev–Trinajstić information content (AvgIpc) is 2.37. The molecule has 0 radical (unpaired) electrons. The van der Waals surface area contributed by atoms with E-state index in [1.807, 2.05) is 32.0 Å². The van der Waals surface area contributed by atoms with E-state index in [4.69, 9.17) is 11.6 Å². The number of ketones is 1. The van der Waals surface area contributed by atoms with Crippen LogP contribution in [0, 0.1) is 19.7 Å². The summed E-state index contributed by atoms with van der Waals surface area (Å²) in [4.78, 5) is 12.1. The number of carbonyl (C=O) groups is 1. The van der Waals surface area contributed by atoms with Gasteiger partial charge in [-0.3, -0.25) is 4.79 Å². The number of hydrogen-bond donors (Lipinski definition) is 0. The molecule has 2 aromatic rings. The SMILES string of the molecule is Cc1cccc(C)c1CCC(=O)c1ccc(Cl)cc1F. The summed E-state index contributed by atoms with van der Waals surface area (Å²) in [5.41, 5.74) is 3.60. The van der Waals surface area contributed by atoms with Crippen LogP contribution in [0.1, 0.15) is 33.5 Å². The normalized spacial score (nSPS) is 10.6. The van der Waals surface area contributed by atoms with Crippen molar-refractivity contribution in [2.24, 2.45) is 0 Å². The highest BCUT2D eigenvalue weighted by Crippen LogP contribution is 2.19. The van der Waals surface area contributed by atoms with Crippen LogP contribution in [0.25, 0.3) is 0 Å². The third-order valence-corrected chi connectivity index (χ3v) is 3.71. The van der Waals surface area contributed by atoms with Crippen molar-refractivity contribution >= 4 is 17.4 Å². The monoisotopic (exact) mass is 290 g/mol. The van der Waals surface area contributed by atoms with Crippen molar-refractivity contribution < 1.29 is 9.18 Å². The Labute approximate surface area is 123 Å². The van der Waals surface area contributed by atoms with Crippen molar-refractivity contribution in [2.75, 3.05) is 0 Å². The first kappa shape index (κ1) is 14.7. The minimum absolute atomic E-state index is 0.112. The molecule has 0 N–H and O–H groups in total. The minimum atomic E-state index is -0.552. The fourth-order valence-corrected chi connectivity index (χ4v) is 2.49. The maximum Gasteiger partial charge on any atom is 0.166 e. The number of rotatable bonds is 4. The highest BCUT2D eigenvalue weighted by atomic mass is 35.5. The van der Waals surface area contributed by atoms with Crippen LogP contribution >= 0.6 is 11.6 Å². The zero-order chi connectivity index (χ0) is 14.7. The van der Waals surface area contributed by atoms with E-state index in [1.165, 1.54) is 18.2 Å². The van der Waals surface area contributed by atoms with Crippen LogP contribution in [-0.2, 0) is 6.42 Å². The van der Waals surface area contributed by atoms with E-state index >= 15 is 0 Å². The number of carbonyl (C=O) groups excluding carboxylic acids is 1. The first-order valence-corrected chi connectivity index (χ1v) is 6.90. The van der Waals surface area contributed by atoms with Gasteiger partial charge in [0.05, 0.1) is 5.56 Å². The molecule has 0 aliphatic carbocycles. The summed E-state index contributed by atoms with van der Waals surface area (Å²) in [7, 11) is 0. The van der Waals surface area contributed by atoms with Crippen LogP contribution in [0.5, 0.6) is 0 Å². The first-order valence-electron chi connectivity index (χ1n) is 6.52. The lowest BCUT2D eigenvalue weighted by molar-refractivity contribution is 0.0979. The standard InChI is InChI=1S/C17H16ClFO/c1-11-4-3-5-12(2)14(11)8-9-17(20)15-7-6-13(18)10-16(15)19/h3-7,10H,8-9H2,1-2H3. The van der Waals surface area contributed by atoms with Gasteiger partial charge < -0.3 is 0 Å². The van der Waals surface area contributed by atoms with Gasteiger partial charge in [0.2, 0.25) is 0 Å². The molecule has 0 bridgehead atoms. The van der Waals surface area contributed by atoms with Gasteiger partial charge in [-0.2, -0.15) is 0 Å². The van der Waals surface area contributed by atoms with E-state index < -0.39 is 5.82 Å². The highest BCUT2D eigenvalue weighted by molar-refractivity contribution is 6.30. The number of benzene rings is 2. The third-order valence-electron chi connectivity index (χ3n) is 3.48. The molecule has 0 aliphatic heterocycles. The molecule has 0 fully saturated rings.